The van der Waals surface area contributed by atoms with E-state index in [0.29, 0.717) is 0 Å². The zero-order valence-corrected chi connectivity index (χ0v) is 16.5. The molecule has 30 heavy (non-hydrogen) atoms. The van der Waals surface area contributed by atoms with Gasteiger partial charge in [0.05, 0.1) is 25.5 Å². The van der Waals surface area contributed by atoms with Crippen LogP contribution < -0.4 is 27.4 Å². The van der Waals surface area contributed by atoms with Crippen LogP contribution in [0.25, 0.3) is 0 Å². The van der Waals surface area contributed by atoms with Gasteiger partial charge in [-0.3, -0.25) is 24.0 Å². The number of nitrogens with one attached hydrogen (secondary N) is 3. The van der Waals surface area contributed by atoms with E-state index in [1.165, 1.54) is 0 Å². The van der Waals surface area contributed by atoms with E-state index in [2.05, 4.69) is 5.32 Å². The number of carbonyl (C=O) groups excluding carboxylic acids is 4. The molecule has 4 atom stereocenters. The highest BCUT2D eigenvalue weighted by molar-refractivity contribution is 5.96. The third-order valence-electron chi connectivity index (χ3n) is 3.87. The van der Waals surface area contributed by atoms with Crippen LogP contribution in [0, 0.1) is 5.92 Å². The lowest BCUT2D eigenvalue weighted by Crippen LogP contribution is -2.59. The van der Waals surface area contributed by atoms with Gasteiger partial charge in [-0.05, 0) is 5.92 Å². The highest BCUT2D eigenvalue weighted by atomic mass is 16.4. The molecule has 0 bridgehead atoms. The summed E-state index contributed by atoms with van der Waals surface area (Å²) >= 11 is 0. The maximum absolute atomic E-state index is 12.4. The van der Waals surface area contributed by atoms with E-state index in [4.69, 9.17) is 21.7 Å². The molecule has 0 aromatic rings. The molecule has 0 saturated carbocycles. The molecule has 0 aromatic carbocycles. The molecule has 14 nitrogen and oxygen atoms in total. The first-order valence-corrected chi connectivity index (χ1v) is 8.80. The second-order valence-corrected chi connectivity index (χ2v) is 6.74. The first-order chi connectivity index (χ1) is 13.8. The molecule has 4 unspecified atom stereocenters. The summed E-state index contributed by atoms with van der Waals surface area (Å²) in [7, 11) is 0. The number of hydrogen-bond acceptors (Lipinski definition) is 8. The maximum atomic E-state index is 12.4. The highest BCUT2D eigenvalue weighted by Gasteiger charge is 2.31. The number of aliphatic carboxylic acids is 2. The smallest absolute Gasteiger partial charge is 0.326 e. The maximum Gasteiger partial charge on any atom is 0.326 e. The van der Waals surface area contributed by atoms with Gasteiger partial charge >= 0.3 is 11.9 Å². The topological polar surface area (TPSA) is 251 Å². The van der Waals surface area contributed by atoms with Crippen molar-refractivity contribution in [3.8, 4) is 0 Å². The summed E-state index contributed by atoms with van der Waals surface area (Å²) in [5.41, 5.74) is 10.5. The van der Waals surface area contributed by atoms with Gasteiger partial charge in [0.1, 0.15) is 18.1 Å². The zero-order chi connectivity index (χ0) is 23.6. The molecule has 0 aliphatic rings. The predicted octanol–water partition coefficient (Wildman–Crippen LogP) is -4.15. The number of aliphatic hydroxyl groups is 1. The van der Waals surface area contributed by atoms with Gasteiger partial charge < -0.3 is 42.7 Å². The Labute approximate surface area is 171 Å². The van der Waals surface area contributed by atoms with Crippen molar-refractivity contribution < 1.29 is 44.1 Å². The minimum atomic E-state index is -1.71. The number of nitrogens with two attached hydrogens (primary N) is 2. The number of aliphatic hydroxyl groups excluding tert-OH is 1. The van der Waals surface area contributed by atoms with E-state index < -0.39 is 79.2 Å². The number of primary amides is 1. The lowest BCUT2D eigenvalue weighted by molar-refractivity contribution is -0.144. The summed E-state index contributed by atoms with van der Waals surface area (Å²) < 4.78 is 0. The van der Waals surface area contributed by atoms with Crippen molar-refractivity contribution >= 4 is 35.6 Å². The predicted molar refractivity (Wildman–Crippen MR) is 99.4 cm³/mol. The monoisotopic (exact) mass is 433 g/mol. The molecular formula is C16H27N5O9. The summed E-state index contributed by atoms with van der Waals surface area (Å²) in [5, 5.41) is 33.4. The third-order valence-corrected chi connectivity index (χ3v) is 3.87. The third kappa shape index (κ3) is 9.29. The molecule has 0 aliphatic heterocycles. The number of hydrogen-bond donors (Lipinski definition) is 8. The van der Waals surface area contributed by atoms with E-state index in [1.807, 2.05) is 10.6 Å². The number of rotatable bonds is 13. The van der Waals surface area contributed by atoms with Crippen LogP contribution in [0.1, 0.15) is 26.7 Å². The first-order valence-electron chi connectivity index (χ1n) is 8.80. The van der Waals surface area contributed by atoms with Crippen molar-refractivity contribution in [3.63, 3.8) is 0 Å². The zero-order valence-electron chi connectivity index (χ0n) is 16.5. The van der Waals surface area contributed by atoms with Gasteiger partial charge in [0.15, 0.2) is 0 Å². The molecule has 0 spiro atoms. The summed E-state index contributed by atoms with van der Waals surface area (Å²) in [4.78, 5) is 69.5. The summed E-state index contributed by atoms with van der Waals surface area (Å²) in [6, 6.07) is -6.06. The number of carbonyl (C=O) groups is 6. The minimum Gasteiger partial charge on any atom is -0.481 e. The van der Waals surface area contributed by atoms with Crippen LogP contribution >= 0.6 is 0 Å². The Balaban J connectivity index is 5.29. The van der Waals surface area contributed by atoms with Crippen LogP contribution in [0.5, 0.6) is 0 Å². The molecule has 0 heterocycles. The van der Waals surface area contributed by atoms with Crippen molar-refractivity contribution in [3.05, 3.63) is 0 Å². The lowest BCUT2D eigenvalue weighted by Gasteiger charge is -2.24. The van der Waals surface area contributed by atoms with E-state index in [0.717, 1.165) is 0 Å². The average Bonchev–Trinajstić information content (AvgIpc) is 2.62. The van der Waals surface area contributed by atoms with Gasteiger partial charge in [0.25, 0.3) is 0 Å². The molecule has 0 radical (unpaired) electrons. The Morgan fingerprint density at radius 3 is 1.67 bits per heavy atom. The summed E-state index contributed by atoms with van der Waals surface area (Å²) in [6.45, 7) is 2.28. The Bertz CT molecular complexity index is 682. The van der Waals surface area contributed by atoms with Crippen LogP contribution in [-0.2, 0) is 28.8 Å². The highest BCUT2D eigenvalue weighted by Crippen LogP contribution is 2.02. The van der Waals surface area contributed by atoms with Crippen LogP contribution in [0.15, 0.2) is 0 Å². The van der Waals surface area contributed by atoms with Crippen LogP contribution in [0.3, 0.4) is 0 Å². The lowest BCUT2D eigenvalue weighted by atomic mass is 10.0. The Hall–Kier alpha value is -3.26. The molecule has 0 fully saturated rings. The first kappa shape index (κ1) is 26.7. The fourth-order valence-electron chi connectivity index (χ4n) is 2.09. The van der Waals surface area contributed by atoms with Crippen LogP contribution in [-0.4, -0.2) is 81.7 Å². The fourth-order valence-corrected chi connectivity index (χ4v) is 2.09. The number of carboxylic acid groups (broad SMARTS) is 2. The molecular weight excluding hydrogens is 406 g/mol. The minimum absolute atomic E-state index is 0.312. The van der Waals surface area contributed by atoms with Crippen molar-refractivity contribution in [2.24, 2.45) is 17.4 Å². The van der Waals surface area contributed by atoms with E-state index in [1.54, 1.807) is 13.8 Å². The van der Waals surface area contributed by atoms with Crippen molar-refractivity contribution in [2.45, 2.75) is 50.9 Å². The molecule has 0 rings (SSSR count). The van der Waals surface area contributed by atoms with Gasteiger partial charge in [-0.2, -0.15) is 0 Å². The average molecular weight is 433 g/mol. The molecule has 170 valence electrons. The SMILES string of the molecule is CC(C)C(N)C(=O)NC(CC(=O)O)C(=O)NC(CO)C(=O)NC(CC(N)=O)C(=O)O. The van der Waals surface area contributed by atoms with Crippen molar-refractivity contribution in [2.75, 3.05) is 6.61 Å². The Morgan fingerprint density at radius 2 is 1.27 bits per heavy atom. The Morgan fingerprint density at radius 1 is 0.800 bits per heavy atom. The molecule has 0 saturated heterocycles. The van der Waals surface area contributed by atoms with Gasteiger partial charge in [-0.1, -0.05) is 13.8 Å². The molecule has 0 aliphatic carbocycles. The molecule has 10 N–H and O–H groups in total. The van der Waals surface area contributed by atoms with Gasteiger partial charge in [0.2, 0.25) is 23.6 Å². The fraction of sp³-hybridized carbons (Fsp3) is 0.625. The van der Waals surface area contributed by atoms with Crippen LogP contribution in [0.4, 0.5) is 0 Å². The Kier molecular flexibility index (Phi) is 11.0. The van der Waals surface area contributed by atoms with E-state index in [-0.39, 0.29) is 5.92 Å². The summed E-state index contributed by atoms with van der Waals surface area (Å²) in [6.07, 6.45) is -1.58. The quantitative estimate of drug-likeness (QED) is 0.139. The summed E-state index contributed by atoms with van der Waals surface area (Å²) in [5.74, 6) is -7.44. The molecule has 4 amide bonds. The molecule has 14 heteroatoms. The number of carboxylic acids is 2. The van der Waals surface area contributed by atoms with E-state index in [9.17, 15) is 33.9 Å². The van der Waals surface area contributed by atoms with Crippen molar-refractivity contribution in [1.82, 2.24) is 16.0 Å². The second kappa shape index (κ2) is 12.3. The van der Waals surface area contributed by atoms with E-state index >= 15 is 0 Å². The molecule has 0 aromatic heterocycles. The standard InChI is InChI=1S/C16H27N5O9/c1-6(2)12(18)15(28)19-7(4-11(24)25)13(26)21-9(5-22)14(27)20-8(16(29)30)3-10(17)23/h6-9,12,22H,3-5,18H2,1-2H3,(H2,17,23)(H,19,28)(H,20,27)(H,21,26)(H,24,25)(H,29,30). The van der Waals surface area contributed by atoms with Gasteiger partial charge in [0, 0.05) is 0 Å². The normalized spacial score (nSPS) is 14.7. The van der Waals surface area contributed by atoms with Gasteiger partial charge in [-0.25, -0.2) is 4.79 Å². The second-order valence-electron chi connectivity index (χ2n) is 6.74. The number of amides is 4. The van der Waals surface area contributed by atoms with Crippen LogP contribution in [0.2, 0.25) is 0 Å². The van der Waals surface area contributed by atoms with Gasteiger partial charge in [-0.15, -0.1) is 0 Å². The largest absolute Gasteiger partial charge is 0.481 e. The van der Waals surface area contributed by atoms with Crippen molar-refractivity contribution in [1.29, 1.82) is 0 Å².